The standard InChI is InChI=1S/C22H34O2/c1-21-11-9-16(23)13-15(21)5-7-17-18(21)10-12-22-14(6-8-19(17)22)3-2-4-20(22)24/h2,4,14-20,23-24H,3,5-13H2,1H3/t14-,15-,16+,17+,18-,19-,20?,21-,22+/m0/s1. The van der Waals surface area contributed by atoms with E-state index < -0.39 is 0 Å². The second-order valence-corrected chi connectivity index (χ2v) is 10.1. The first-order chi connectivity index (χ1) is 11.6. The highest BCUT2D eigenvalue weighted by atomic mass is 16.3. The van der Waals surface area contributed by atoms with Crippen molar-refractivity contribution >= 4 is 0 Å². The Morgan fingerprint density at radius 1 is 0.875 bits per heavy atom. The highest BCUT2D eigenvalue weighted by molar-refractivity contribution is 5.18. The average molecular weight is 331 g/mol. The van der Waals surface area contributed by atoms with Gasteiger partial charge in [0.1, 0.15) is 0 Å². The van der Waals surface area contributed by atoms with Gasteiger partial charge in [-0.1, -0.05) is 19.1 Å². The molecule has 0 aromatic heterocycles. The number of fused-ring (bicyclic) bond motifs is 4. The predicted octanol–water partition coefficient (Wildman–Crippen LogP) is 4.31. The van der Waals surface area contributed by atoms with E-state index in [9.17, 15) is 10.2 Å². The Morgan fingerprint density at radius 2 is 1.71 bits per heavy atom. The van der Waals surface area contributed by atoms with Crippen LogP contribution in [0.1, 0.15) is 71.1 Å². The Bertz CT molecular complexity index is 542. The van der Waals surface area contributed by atoms with Gasteiger partial charge < -0.3 is 10.2 Å². The van der Waals surface area contributed by atoms with Gasteiger partial charge in [0, 0.05) is 5.41 Å². The lowest BCUT2D eigenvalue weighted by Gasteiger charge is -2.62. The minimum atomic E-state index is -0.191. The van der Waals surface area contributed by atoms with Gasteiger partial charge in [0.15, 0.2) is 0 Å². The Kier molecular flexibility index (Phi) is 3.53. The third-order valence-corrected chi connectivity index (χ3v) is 9.69. The second-order valence-electron chi connectivity index (χ2n) is 10.1. The summed E-state index contributed by atoms with van der Waals surface area (Å²) in [5.41, 5.74) is 0.671. The van der Waals surface area contributed by atoms with E-state index in [-0.39, 0.29) is 17.6 Å². The van der Waals surface area contributed by atoms with Crippen LogP contribution in [0.3, 0.4) is 0 Å². The smallest absolute Gasteiger partial charge is 0.0782 e. The van der Waals surface area contributed by atoms with Gasteiger partial charge in [-0.25, -0.2) is 0 Å². The molecule has 0 saturated heterocycles. The molecule has 0 bridgehead atoms. The van der Waals surface area contributed by atoms with Crippen LogP contribution in [0.2, 0.25) is 0 Å². The topological polar surface area (TPSA) is 40.5 Å². The van der Waals surface area contributed by atoms with E-state index in [2.05, 4.69) is 19.1 Å². The minimum absolute atomic E-state index is 0.0456. The third-order valence-electron chi connectivity index (χ3n) is 9.69. The maximum Gasteiger partial charge on any atom is 0.0782 e. The first-order valence-electron chi connectivity index (χ1n) is 10.6. The fourth-order valence-electron chi connectivity index (χ4n) is 8.57. The van der Waals surface area contributed by atoms with Crippen LogP contribution in [0.15, 0.2) is 12.2 Å². The van der Waals surface area contributed by atoms with Crippen LogP contribution in [-0.2, 0) is 0 Å². The molecule has 24 heavy (non-hydrogen) atoms. The van der Waals surface area contributed by atoms with Crippen molar-refractivity contribution in [2.45, 2.75) is 83.3 Å². The lowest BCUT2D eigenvalue weighted by molar-refractivity contribution is -0.152. The molecule has 1 unspecified atom stereocenters. The van der Waals surface area contributed by atoms with Gasteiger partial charge >= 0.3 is 0 Å². The molecule has 2 heteroatoms. The van der Waals surface area contributed by atoms with Crippen LogP contribution in [0, 0.1) is 40.4 Å². The van der Waals surface area contributed by atoms with E-state index in [4.69, 9.17) is 0 Å². The van der Waals surface area contributed by atoms with Gasteiger partial charge in [0.25, 0.3) is 0 Å². The molecule has 5 aliphatic carbocycles. The van der Waals surface area contributed by atoms with E-state index in [1.807, 2.05) is 0 Å². The first kappa shape index (κ1) is 15.9. The van der Waals surface area contributed by atoms with Crippen LogP contribution in [0.5, 0.6) is 0 Å². The highest BCUT2D eigenvalue weighted by Crippen LogP contribution is 2.69. The molecule has 4 saturated carbocycles. The molecule has 1 spiro atoms. The minimum Gasteiger partial charge on any atom is -0.393 e. The summed E-state index contributed by atoms with van der Waals surface area (Å²) in [4.78, 5) is 0. The van der Waals surface area contributed by atoms with Gasteiger partial charge in [-0.15, -0.1) is 0 Å². The molecule has 5 aliphatic rings. The number of allylic oxidation sites excluding steroid dienone is 1. The molecule has 0 aliphatic heterocycles. The van der Waals surface area contributed by atoms with E-state index in [0.29, 0.717) is 5.41 Å². The summed E-state index contributed by atoms with van der Waals surface area (Å²) in [5, 5.41) is 21.1. The van der Waals surface area contributed by atoms with Crippen molar-refractivity contribution in [3.8, 4) is 0 Å². The fraction of sp³-hybridized carbons (Fsp3) is 0.909. The van der Waals surface area contributed by atoms with Crippen molar-refractivity contribution in [3.05, 3.63) is 12.2 Å². The molecule has 0 heterocycles. The van der Waals surface area contributed by atoms with Crippen molar-refractivity contribution < 1.29 is 10.2 Å². The number of hydrogen-bond acceptors (Lipinski definition) is 2. The van der Waals surface area contributed by atoms with Crippen LogP contribution in [0.25, 0.3) is 0 Å². The number of aliphatic hydroxyl groups excluding tert-OH is 2. The van der Waals surface area contributed by atoms with E-state index >= 15 is 0 Å². The van der Waals surface area contributed by atoms with Gasteiger partial charge in [0.05, 0.1) is 12.2 Å². The Hall–Kier alpha value is -0.340. The number of hydrogen-bond donors (Lipinski definition) is 2. The monoisotopic (exact) mass is 330 g/mol. The van der Waals surface area contributed by atoms with Gasteiger partial charge in [-0.2, -0.15) is 0 Å². The van der Waals surface area contributed by atoms with Crippen molar-refractivity contribution in [1.82, 2.24) is 0 Å². The molecule has 2 N–H and O–H groups in total. The molecule has 4 fully saturated rings. The van der Waals surface area contributed by atoms with E-state index in [0.717, 1.165) is 42.4 Å². The van der Waals surface area contributed by atoms with Crippen LogP contribution in [-0.4, -0.2) is 22.4 Å². The zero-order chi connectivity index (χ0) is 16.5. The van der Waals surface area contributed by atoms with Crippen molar-refractivity contribution in [2.75, 3.05) is 0 Å². The second kappa shape index (κ2) is 5.33. The lowest BCUT2D eigenvalue weighted by Crippen LogP contribution is -2.57. The molecule has 2 nitrogen and oxygen atoms in total. The Labute approximate surface area is 146 Å². The summed E-state index contributed by atoms with van der Waals surface area (Å²) in [6.07, 6.45) is 16.6. The third kappa shape index (κ3) is 1.91. The Morgan fingerprint density at radius 3 is 2.58 bits per heavy atom. The predicted molar refractivity (Wildman–Crippen MR) is 95.3 cm³/mol. The lowest BCUT2D eigenvalue weighted by atomic mass is 9.43. The molecular formula is C22H34O2. The van der Waals surface area contributed by atoms with Crippen molar-refractivity contribution in [2.24, 2.45) is 40.4 Å². The quantitative estimate of drug-likeness (QED) is 0.650. The van der Waals surface area contributed by atoms with Crippen molar-refractivity contribution in [3.63, 3.8) is 0 Å². The Balaban J connectivity index is 1.48. The molecule has 0 amide bonds. The number of aliphatic hydroxyl groups is 2. The van der Waals surface area contributed by atoms with Gasteiger partial charge in [-0.05, 0) is 99.2 Å². The summed E-state index contributed by atoms with van der Waals surface area (Å²) in [5.74, 6) is 3.91. The largest absolute Gasteiger partial charge is 0.393 e. The van der Waals surface area contributed by atoms with Crippen LogP contribution in [0.4, 0.5) is 0 Å². The summed E-state index contributed by atoms with van der Waals surface area (Å²) < 4.78 is 0. The summed E-state index contributed by atoms with van der Waals surface area (Å²) in [6.45, 7) is 2.56. The van der Waals surface area contributed by atoms with Crippen LogP contribution < -0.4 is 0 Å². The number of rotatable bonds is 0. The SMILES string of the molecule is C[C@]12CC[C@@H](O)C[C@@H]1CC[C@@H]1[C@@H]2CC[C@@]23C(O)C=CC[C@H]2CC[C@@H]13. The van der Waals surface area contributed by atoms with Crippen molar-refractivity contribution in [1.29, 1.82) is 0 Å². The zero-order valence-electron chi connectivity index (χ0n) is 15.2. The molecule has 9 atom stereocenters. The van der Waals surface area contributed by atoms with Crippen LogP contribution >= 0.6 is 0 Å². The van der Waals surface area contributed by atoms with Gasteiger partial charge in [-0.3, -0.25) is 0 Å². The maximum atomic E-state index is 11.0. The van der Waals surface area contributed by atoms with E-state index in [1.165, 1.54) is 51.4 Å². The van der Waals surface area contributed by atoms with Gasteiger partial charge in [0.2, 0.25) is 0 Å². The first-order valence-corrected chi connectivity index (χ1v) is 10.6. The highest BCUT2D eigenvalue weighted by Gasteiger charge is 2.63. The maximum absolute atomic E-state index is 11.0. The molecule has 5 rings (SSSR count). The zero-order valence-corrected chi connectivity index (χ0v) is 15.2. The molecule has 0 radical (unpaired) electrons. The normalized spacial score (nSPS) is 59.2. The molecule has 134 valence electrons. The fourth-order valence-corrected chi connectivity index (χ4v) is 8.57. The summed E-state index contributed by atoms with van der Waals surface area (Å²) in [7, 11) is 0. The van der Waals surface area contributed by atoms with E-state index in [1.54, 1.807) is 0 Å². The molecular weight excluding hydrogens is 296 g/mol. The summed E-state index contributed by atoms with van der Waals surface area (Å²) in [6, 6.07) is 0. The molecule has 0 aromatic carbocycles. The summed E-state index contributed by atoms with van der Waals surface area (Å²) >= 11 is 0. The molecule has 0 aromatic rings. The average Bonchev–Trinajstić information content (AvgIpc) is 2.97.